The van der Waals surface area contributed by atoms with Gasteiger partial charge in [-0.25, -0.2) is 0 Å². The van der Waals surface area contributed by atoms with Crippen LogP contribution in [0.3, 0.4) is 0 Å². The maximum absolute atomic E-state index is 12.7. The van der Waals surface area contributed by atoms with Crippen LogP contribution in [0, 0.1) is 0 Å². The molecule has 1 aliphatic rings. The first-order valence-corrected chi connectivity index (χ1v) is 5.82. The second-order valence-corrected chi connectivity index (χ2v) is 4.59. The minimum Gasteiger partial charge on any atom is -0.380 e. The van der Waals surface area contributed by atoms with Crippen molar-refractivity contribution in [2.45, 2.75) is 44.1 Å². The van der Waals surface area contributed by atoms with Gasteiger partial charge in [0.25, 0.3) is 5.91 Å². The maximum atomic E-state index is 12.7. The fourth-order valence-corrected chi connectivity index (χ4v) is 1.98. The Kier molecular flexibility index (Phi) is 4.61. The summed E-state index contributed by atoms with van der Waals surface area (Å²) in [6, 6.07) is 0. The predicted molar refractivity (Wildman–Crippen MR) is 57.9 cm³/mol. The first kappa shape index (κ1) is 15.2. The summed E-state index contributed by atoms with van der Waals surface area (Å²) in [5.41, 5.74) is -2.68. The average molecular weight is 269 g/mol. The number of aliphatic hydroxyl groups is 1. The molecule has 1 fully saturated rings. The lowest BCUT2D eigenvalue weighted by molar-refractivity contribution is -0.263. The van der Waals surface area contributed by atoms with E-state index >= 15 is 0 Å². The molecule has 7 heteroatoms. The number of rotatable bonds is 2. The fourth-order valence-electron chi connectivity index (χ4n) is 1.98. The number of hydrogen-bond acceptors (Lipinski definition) is 3. The molecule has 0 saturated carbocycles. The van der Waals surface area contributed by atoms with Gasteiger partial charge in [-0.05, 0) is 19.8 Å². The molecule has 1 amide bonds. The van der Waals surface area contributed by atoms with Crippen LogP contribution in [-0.2, 0) is 9.53 Å². The molecule has 0 aliphatic carbocycles. The Morgan fingerprint density at radius 2 is 2.00 bits per heavy atom. The van der Waals surface area contributed by atoms with Gasteiger partial charge < -0.3 is 14.7 Å². The fraction of sp³-hybridized carbons (Fsp3) is 0.909. The smallest absolute Gasteiger partial charge is 0.380 e. The lowest BCUT2D eigenvalue weighted by Crippen LogP contribution is -2.46. The van der Waals surface area contributed by atoms with E-state index in [4.69, 9.17) is 4.74 Å². The highest BCUT2D eigenvalue weighted by Gasteiger charge is 2.53. The van der Waals surface area contributed by atoms with Crippen molar-refractivity contribution in [3.63, 3.8) is 0 Å². The minimum absolute atomic E-state index is 0.109. The number of carbonyl (C=O) groups excluding carboxylic acids is 1. The van der Waals surface area contributed by atoms with Gasteiger partial charge in [-0.2, -0.15) is 13.2 Å². The van der Waals surface area contributed by atoms with Gasteiger partial charge in [-0.3, -0.25) is 4.79 Å². The highest BCUT2D eigenvalue weighted by atomic mass is 19.4. The molecule has 1 rings (SSSR count). The van der Waals surface area contributed by atoms with E-state index in [2.05, 4.69) is 0 Å². The molecule has 0 aromatic heterocycles. The van der Waals surface area contributed by atoms with Gasteiger partial charge in [0, 0.05) is 26.6 Å². The van der Waals surface area contributed by atoms with E-state index in [1.54, 1.807) is 6.92 Å². The second kappa shape index (κ2) is 5.44. The quantitative estimate of drug-likeness (QED) is 0.822. The number of alkyl halides is 3. The molecule has 18 heavy (non-hydrogen) atoms. The molecular formula is C11H18F3NO3. The number of amides is 1. The highest BCUT2D eigenvalue weighted by Crippen LogP contribution is 2.38. The highest BCUT2D eigenvalue weighted by molar-refractivity contribution is 5.80. The number of methoxy groups -OCH3 is 1. The minimum atomic E-state index is -4.65. The van der Waals surface area contributed by atoms with Gasteiger partial charge >= 0.3 is 6.18 Å². The van der Waals surface area contributed by atoms with Gasteiger partial charge in [0.15, 0.2) is 5.60 Å². The number of carbonyl (C=O) groups is 1. The molecule has 0 bridgehead atoms. The Bertz CT molecular complexity index is 308. The SMILES string of the molecule is COC(C)C(=O)N1CCCC(O)(C(F)(F)F)CC1. The van der Waals surface area contributed by atoms with Crippen molar-refractivity contribution in [1.29, 1.82) is 0 Å². The summed E-state index contributed by atoms with van der Waals surface area (Å²) < 4.78 is 42.9. The van der Waals surface area contributed by atoms with Crippen molar-refractivity contribution in [2.75, 3.05) is 20.2 Å². The zero-order valence-corrected chi connectivity index (χ0v) is 10.5. The monoisotopic (exact) mass is 269 g/mol. The number of halogens is 3. The molecule has 106 valence electrons. The zero-order valence-electron chi connectivity index (χ0n) is 10.5. The molecule has 2 unspecified atom stereocenters. The molecule has 4 nitrogen and oxygen atoms in total. The van der Waals surface area contributed by atoms with E-state index in [9.17, 15) is 23.1 Å². The maximum Gasteiger partial charge on any atom is 0.417 e. The summed E-state index contributed by atoms with van der Waals surface area (Å²) in [6.07, 6.45) is -6.07. The summed E-state index contributed by atoms with van der Waals surface area (Å²) in [4.78, 5) is 13.1. The summed E-state index contributed by atoms with van der Waals surface area (Å²) >= 11 is 0. The van der Waals surface area contributed by atoms with Crippen LogP contribution in [0.5, 0.6) is 0 Å². The van der Waals surface area contributed by atoms with Crippen LogP contribution in [-0.4, -0.2) is 54.0 Å². The summed E-state index contributed by atoms with van der Waals surface area (Å²) in [6.45, 7) is 1.65. The van der Waals surface area contributed by atoms with Gasteiger partial charge in [0.05, 0.1) is 0 Å². The third-order valence-corrected chi connectivity index (χ3v) is 3.35. The lowest BCUT2D eigenvalue weighted by Gasteiger charge is -2.29. The number of likely N-dealkylation sites (tertiary alicyclic amines) is 1. The van der Waals surface area contributed by atoms with Gasteiger partial charge in [0.2, 0.25) is 0 Å². The van der Waals surface area contributed by atoms with Gasteiger partial charge in [0.1, 0.15) is 6.10 Å². The van der Waals surface area contributed by atoms with Crippen molar-refractivity contribution in [1.82, 2.24) is 4.90 Å². The Hall–Kier alpha value is -0.820. The average Bonchev–Trinajstić information content (AvgIpc) is 2.49. The Balaban J connectivity index is 2.70. The van der Waals surface area contributed by atoms with E-state index in [0.29, 0.717) is 0 Å². The third kappa shape index (κ3) is 3.14. The first-order valence-electron chi connectivity index (χ1n) is 5.82. The first-order chi connectivity index (χ1) is 8.21. The van der Waals surface area contributed by atoms with Crippen molar-refractivity contribution in [3.8, 4) is 0 Å². The van der Waals surface area contributed by atoms with Crippen molar-refractivity contribution >= 4 is 5.91 Å². The van der Waals surface area contributed by atoms with Crippen molar-refractivity contribution in [2.24, 2.45) is 0 Å². The largest absolute Gasteiger partial charge is 0.417 e. The number of ether oxygens (including phenoxy) is 1. The lowest BCUT2D eigenvalue weighted by atomic mass is 9.94. The van der Waals surface area contributed by atoms with Crippen LogP contribution < -0.4 is 0 Å². The molecular weight excluding hydrogens is 251 g/mol. The molecule has 0 radical (unpaired) electrons. The second-order valence-electron chi connectivity index (χ2n) is 4.59. The molecule has 0 aromatic carbocycles. The Labute approximate surface area is 104 Å². The van der Waals surface area contributed by atoms with Crippen LogP contribution in [0.25, 0.3) is 0 Å². The molecule has 1 aliphatic heterocycles. The molecule has 1 heterocycles. The number of hydrogen-bond donors (Lipinski definition) is 1. The van der Waals surface area contributed by atoms with Crippen LogP contribution in [0.15, 0.2) is 0 Å². The van der Waals surface area contributed by atoms with Crippen LogP contribution in [0.1, 0.15) is 26.2 Å². The third-order valence-electron chi connectivity index (χ3n) is 3.35. The van der Waals surface area contributed by atoms with E-state index < -0.39 is 24.3 Å². The van der Waals surface area contributed by atoms with Crippen LogP contribution >= 0.6 is 0 Å². The zero-order chi connectivity index (χ0) is 14.0. The molecule has 0 aromatic rings. The van der Waals surface area contributed by atoms with E-state index in [-0.39, 0.29) is 31.8 Å². The van der Waals surface area contributed by atoms with Gasteiger partial charge in [-0.1, -0.05) is 0 Å². The summed E-state index contributed by atoms with van der Waals surface area (Å²) in [7, 11) is 1.37. The summed E-state index contributed by atoms with van der Waals surface area (Å²) in [5, 5.41) is 9.59. The molecule has 0 spiro atoms. The van der Waals surface area contributed by atoms with Crippen LogP contribution in [0.2, 0.25) is 0 Å². The molecule has 1 saturated heterocycles. The van der Waals surface area contributed by atoms with E-state index in [1.165, 1.54) is 12.0 Å². The van der Waals surface area contributed by atoms with Crippen molar-refractivity contribution in [3.05, 3.63) is 0 Å². The Morgan fingerprint density at radius 3 is 2.50 bits per heavy atom. The van der Waals surface area contributed by atoms with E-state index in [1.807, 2.05) is 0 Å². The summed E-state index contributed by atoms with van der Waals surface area (Å²) in [5.74, 6) is -0.344. The predicted octanol–water partition coefficient (Wildman–Crippen LogP) is 1.33. The van der Waals surface area contributed by atoms with Gasteiger partial charge in [-0.15, -0.1) is 0 Å². The Morgan fingerprint density at radius 1 is 1.39 bits per heavy atom. The normalized spacial score (nSPS) is 27.8. The molecule has 2 atom stereocenters. The standard InChI is InChI=1S/C11H18F3NO3/c1-8(18-2)9(16)15-6-3-4-10(17,5-7-15)11(12,13)14/h8,17H,3-7H2,1-2H3. The topological polar surface area (TPSA) is 49.8 Å². The number of nitrogens with zero attached hydrogens (tertiary/aromatic N) is 1. The van der Waals surface area contributed by atoms with Crippen LogP contribution in [0.4, 0.5) is 13.2 Å². The van der Waals surface area contributed by atoms with E-state index in [0.717, 1.165) is 0 Å². The molecule has 1 N–H and O–H groups in total. The van der Waals surface area contributed by atoms with Crippen molar-refractivity contribution < 1.29 is 27.8 Å².